The van der Waals surface area contributed by atoms with E-state index in [-0.39, 0.29) is 16.2 Å². The zero-order valence-corrected chi connectivity index (χ0v) is 13.5. The quantitative estimate of drug-likeness (QED) is 0.887. The summed E-state index contributed by atoms with van der Waals surface area (Å²) >= 11 is 4.39. The van der Waals surface area contributed by atoms with Gasteiger partial charge in [-0.3, -0.25) is 0 Å². The minimum absolute atomic E-state index is 0.0100. The third-order valence-corrected chi connectivity index (χ3v) is 5.98. The minimum Gasteiger partial charge on any atom is -0.478 e. The van der Waals surface area contributed by atoms with Crippen molar-refractivity contribution in [3.8, 4) is 0 Å². The highest BCUT2D eigenvalue weighted by atomic mass is 79.9. The topological polar surface area (TPSA) is 84.3 Å². The molecule has 20 heavy (non-hydrogen) atoms. The van der Waals surface area contributed by atoms with Gasteiger partial charge in [0.05, 0.1) is 21.2 Å². The predicted octanol–water partition coefficient (Wildman–Crippen LogP) is 2.89. The molecule has 1 heterocycles. The van der Waals surface area contributed by atoms with Gasteiger partial charge in [-0.1, -0.05) is 0 Å². The monoisotopic (exact) mass is 375 g/mol. The first-order valence-electron chi connectivity index (χ1n) is 5.46. The zero-order valence-electron chi connectivity index (χ0n) is 10.3. The smallest absolute Gasteiger partial charge is 0.336 e. The van der Waals surface area contributed by atoms with Gasteiger partial charge in [0.1, 0.15) is 0 Å². The number of nitrogens with zero attached hydrogens (tertiary/aromatic N) is 1. The molecule has 2 rings (SSSR count). The molecule has 106 valence electrons. The second-order valence-corrected chi connectivity index (χ2v) is 8.21. The lowest BCUT2D eigenvalue weighted by Gasteiger charge is -2.05. The van der Waals surface area contributed by atoms with E-state index in [1.165, 1.54) is 29.7 Å². The van der Waals surface area contributed by atoms with Crippen molar-refractivity contribution in [3.63, 3.8) is 0 Å². The van der Waals surface area contributed by atoms with Gasteiger partial charge < -0.3 is 5.11 Å². The van der Waals surface area contributed by atoms with Gasteiger partial charge in [0, 0.05) is 15.5 Å². The standard InChI is InChI=1S/C12H10BrNO4S2/c1-7-14-5-8(19-7)6-20(17,18)9-2-3-11(13)10(4-9)12(15)16/h2-5H,6H2,1H3,(H,15,16). The average Bonchev–Trinajstić information content (AvgIpc) is 2.73. The molecular weight excluding hydrogens is 366 g/mol. The second kappa shape index (κ2) is 5.63. The molecular formula is C12H10BrNO4S2. The Labute approximate surface area is 128 Å². The van der Waals surface area contributed by atoms with E-state index in [1.807, 2.05) is 0 Å². The van der Waals surface area contributed by atoms with Crippen LogP contribution in [0.15, 0.2) is 33.8 Å². The fraction of sp³-hybridized carbons (Fsp3) is 0.167. The third kappa shape index (κ3) is 3.25. The van der Waals surface area contributed by atoms with Gasteiger partial charge in [-0.05, 0) is 41.1 Å². The maximum absolute atomic E-state index is 12.3. The molecule has 1 N–H and O–H groups in total. The summed E-state index contributed by atoms with van der Waals surface area (Å²) in [4.78, 5) is 15.7. The van der Waals surface area contributed by atoms with E-state index in [4.69, 9.17) is 5.11 Å². The highest BCUT2D eigenvalue weighted by Crippen LogP contribution is 2.25. The number of hydrogen-bond acceptors (Lipinski definition) is 5. The number of thiazole rings is 1. The molecule has 0 atom stereocenters. The van der Waals surface area contributed by atoms with Gasteiger partial charge in [-0.2, -0.15) is 0 Å². The summed E-state index contributed by atoms with van der Waals surface area (Å²) in [5.74, 6) is -1.36. The normalized spacial score (nSPS) is 11.5. The fourth-order valence-electron chi connectivity index (χ4n) is 1.60. The molecule has 8 heteroatoms. The summed E-state index contributed by atoms with van der Waals surface area (Å²) in [6, 6.07) is 3.98. The van der Waals surface area contributed by atoms with Crippen LogP contribution in [0.2, 0.25) is 0 Å². The summed E-state index contributed by atoms with van der Waals surface area (Å²) in [7, 11) is -3.59. The highest BCUT2D eigenvalue weighted by molar-refractivity contribution is 9.10. The molecule has 0 aliphatic heterocycles. The molecule has 0 saturated heterocycles. The van der Waals surface area contributed by atoms with Crippen molar-refractivity contribution in [1.82, 2.24) is 4.98 Å². The number of aromatic nitrogens is 1. The molecule has 0 fully saturated rings. The van der Waals surface area contributed by atoms with Crippen molar-refractivity contribution >= 4 is 43.1 Å². The molecule has 0 bridgehead atoms. The number of aryl methyl sites for hydroxylation is 1. The minimum atomic E-state index is -3.59. The third-order valence-electron chi connectivity index (χ3n) is 2.53. The van der Waals surface area contributed by atoms with E-state index in [0.717, 1.165) is 11.1 Å². The van der Waals surface area contributed by atoms with E-state index >= 15 is 0 Å². The summed E-state index contributed by atoms with van der Waals surface area (Å²) in [6.07, 6.45) is 1.52. The van der Waals surface area contributed by atoms with Crippen LogP contribution < -0.4 is 0 Å². The van der Waals surface area contributed by atoms with Crippen molar-refractivity contribution in [2.24, 2.45) is 0 Å². The summed E-state index contributed by atoms with van der Waals surface area (Å²) in [5, 5.41) is 9.81. The van der Waals surface area contributed by atoms with Crippen LogP contribution >= 0.6 is 27.3 Å². The molecule has 0 radical (unpaired) electrons. The molecule has 2 aromatic rings. The van der Waals surface area contributed by atoms with Crippen LogP contribution in [0, 0.1) is 6.92 Å². The van der Waals surface area contributed by atoms with Crippen molar-refractivity contribution < 1.29 is 18.3 Å². The van der Waals surface area contributed by atoms with Gasteiger partial charge in [0.2, 0.25) is 0 Å². The molecule has 1 aromatic heterocycles. The Kier molecular flexibility index (Phi) is 4.26. The lowest BCUT2D eigenvalue weighted by Crippen LogP contribution is -2.06. The van der Waals surface area contributed by atoms with E-state index in [2.05, 4.69) is 20.9 Å². The lowest BCUT2D eigenvalue weighted by atomic mass is 10.2. The number of benzene rings is 1. The molecule has 0 spiro atoms. The molecule has 0 unspecified atom stereocenters. The number of rotatable bonds is 4. The van der Waals surface area contributed by atoms with Gasteiger partial charge in [0.25, 0.3) is 0 Å². The van der Waals surface area contributed by atoms with E-state index in [0.29, 0.717) is 9.35 Å². The van der Waals surface area contributed by atoms with Gasteiger partial charge in [0.15, 0.2) is 9.84 Å². The molecule has 1 aromatic carbocycles. The van der Waals surface area contributed by atoms with Crippen LogP contribution in [-0.4, -0.2) is 24.5 Å². The number of carboxylic acid groups (broad SMARTS) is 1. The Morgan fingerprint density at radius 3 is 2.70 bits per heavy atom. The Bertz CT molecular complexity index is 768. The number of sulfone groups is 1. The Hall–Kier alpha value is -1.25. The maximum Gasteiger partial charge on any atom is 0.336 e. The Balaban J connectivity index is 2.39. The van der Waals surface area contributed by atoms with E-state index in [1.54, 1.807) is 6.92 Å². The number of hydrogen-bond donors (Lipinski definition) is 1. The summed E-state index contributed by atoms with van der Waals surface area (Å²) < 4.78 is 24.9. The summed E-state index contributed by atoms with van der Waals surface area (Å²) in [5.41, 5.74) is -0.0773. The van der Waals surface area contributed by atoms with E-state index < -0.39 is 15.8 Å². The number of carboxylic acids is 1. The van der Waals surface area contributed by atoms with E-state index in [9.17, 15) is 13.2 Å². The van der Waals surface area contributed by atoms with Crippen LogP contribution in [0.1, 0.15) is 20.2 Å². The SMILES string of the molecule is Cc1ncc(CS(=O)(=O)c2ccc(Br)c(C(=O)O)c2)s1. The molecule has 0 aliphatic carbocycles. The first-order chi connectivity index (χ1) is 9.29. The largest absolute Gasteiger partial charge is 0.478 e. The first-order valence-corrected chi connectivity index (χ1v) is 8.72. The molecule has 0 saturated carbocycles. The van der Waals surface area contributed by atoms with Gasteiger partial charge in [-0.25, -0.2) is 18.2 Å². The van der Waals surface area contributed by atoms with Crippen molar-refractivity contribution in [2.45, 2.75) is 17.6 Å². The fourth-order valence-corrected chi connectivity index (χ4v) is 4.50. The van der Waals surface area contributed by atoms with Crippen LogP contribution in [0.25, 0.3) is 0 Å². The van der Waals surface area contributed by atoms with Crippen molar-refractivity contribution in [1.29, 1.82) is 0 Å². The van der Waals surface area contributed by atoms with Crippen molar-refractivity contribution in [3.05, 3.63) is 44.3 Å². The van der Waals surface area contributed by atoms with Crippen LogP contribution in [0.5, 0.6) is 0 Å². The molecule has 5 nitrogen and oxygen atoms in total. The Morgan fingerprint density at radius 2 is 2.15 bits per heavy atom. The predicted molar refractivity (Wildman–Crippen MR) is 78.8 cm³/mol. The summed E-state index contributed by atoms with van der Waals surface area (Å²) in [6.45, 7) is 1.79. The first kappa shape index (κ1) is 15.1. The van der Waals surface area contributed by atoms with Crippen LogP contribution in [0.4, 0.5) is 0 Å². The molecule has 0 amide bonds. The van der Waals surface area contributed by atoms with Gasteiger partial charge >= 0.3 is 5.97 Å². The molecule has 0 aliphatic rings. The Morgan fingerprint density at radius 1 is 1.45 bits per heavy atom. The van der Waals surface area contributed by atoms with Crippen LogP contribution in [-0.2, 0) is 15.6 Å². The number of halogens is 1. The van der Waals surface area contributed by atoms with Gasteiger partial charge in [-0.15, -0.1) is 11.3 Å². The van der Waals surface area contributed by atoms with Crippen molar-refractivity contribution in [2.75, 3.05) is 0 Å². The number of aromatic carboxylic acids is 1. The average molecular weight is 376 g/mol. The lowest BCUT2D eigenvalue weighted by molar-refractivity contribution is 0.0695. The second-order valence-electron chi connectivity index (χ2n) is 4.05. The van der Waals surface area contributed by atoms with Crippen LogP contribution in [0.3, 0.4) is 0 Å². The zero-order chi connectivity index (χ0) is 14.9. The number of carbonyl (C=O) groups is 1. The maximum atomic E-state index is 12.3. The highest BCUT2D eigenvalue weighted by Gasteiger charge is 2.20.